The van der Waals surface area contributed by atoms with Gasteiger partial charge in [-0.1, -0.05) is 12.2 Å². The molecule has 0 spiro atoms. The van der Waals surface area contributed by atoms with Crippen LogP contribution >= 0.6 is 11.3 Å². The van der Waals surface area contributed by atoms with Gasteiger partial charge in [-0.2, -0.15) is 4.31 Å². The molecule has 0 aliphatic carbocycles. The summed E-state index contributed by atoms with van der Waals surface area (Å²) in [5.74, 6) is 0. The Bertz CT molecular complexity index is 1240. The van der Waals surface area contributed by atoms with Crippen LogP contribution in [0.5, 0.6) is 0 Å². The van der Waals surface area contributed by atoms with Crippen molar-refractivity contribution in [1.82, 2.24) is 4.31 Å². The first-order chi connectivity index (χ1) is 14.8. The minimum absolute atomic E-state index is 0.155. The second-order valence-corrected chi connectivity index (χ2v) is 10.1. The van der Waals surface area contributed by atoms with E-state index in [4.69, 9.17) is 4.42 Å². The molecule has 0 amide bonds. The zero-order valence-electron chi connectivity index (χ0n) is 17.7. The van der Waals surface area contributed by atoms with E-state index in [0.29, 0.717) is 16.0 Å². The van der Waals surface area contributed by atoms with Crippen LogP contribution in [0.2, 0.25) is 0 Å². The number of fused-ring (bicyclic) bond motifs is 1. The van der Waals surface area contributed by atoms with Crippen molar-refractivity contribution in [2.75, 3.05) is 31.1 Å². The minimum Gasteiger partial charge on any atom is -0.422 e. The number of thiophene rings is 1. The normalized spacial score (nSPS) is 11.7. The molecule has 0 radical (unpaired) electrons. The smallest absolute Gasteiger partial charge is 0.345 e. The highest BCUT2D eigenvalue weighted by molar-refractivity contribution is 7.91. The maximum absolute atomic E-state index is 12.9. The first-order valence-electron chi connectivity index (χ1n) is 10.0. The predicted octanol–water partition coefficient (Wildman–Crippen LogP) is 4.73. The van der Waals surface area contributed by atoms with Crippen LogP contribution in [-0.4, -0.2) is 38.9 Å². The molecule has 0 unspecified atom stereocenters. The summed E-state index contributed by atoms with van der Waals surface area (Å²) in [5, 5.41) is 0.781. The number of anilines is 1. The maximum atomic E-state index is 12.9. The van der Waals surface area contributed by atoms with E-state index in [2.05, 4.69) is 31.9 Å². The largest absolute Gasteiger partial charge is 0.422 e. The van der Waals surface area contributed by atoms with Gasteiger partial charge in [-0.25, -0.2) is 13.2 Å². The Morgan fingerprint density at radius 2 is 1.71 bits per heavy atom. The summed E-state index contributed by atoms with van der Waals surface area (Å²) in [6.45, 7) is 13.4. The van der Waals surface area contributed by atoms with E-state index in [-0.39, 0.29) is 17.3 Å². The van der Waals surface area contributed by atoms with E-state index in [1.807, 2.05) is 18.2 Å². The average Bonchev–Trinajstić information content (AvgIpc) is 3.25. The summed E-state index contributed by atoms with van der Waals surface area (Å²) in [4.78, 5) is 15.4. The molecule has 0 aliphatic heterocycles. The average molecular weight is 459 g/mol. The zero-order chi connectivity index (χ0) is 22.6. The summed E-state index contributed by atoms with van der Waals surface area (Å²) in [5.41, 5.74) is 1.34. The summed E-state index contributed by atoms with van der Waals surface area (Å²) in [7, 11) is -3.72. The summed E-state index contributed by atoms with van der Waals surface area (Å²) in [6.07, 6.45) is 3.06. The van der Waals surface area contributed by atoms with Gasteiger partial charge in [0.1, 0.15) is 9.79 Å². The molecule has 0 saturated carbocycles. The number of nitrogens with zero attached hydrogens (tertiary/aromatic N) is 2. The van der Waals surface area contributed by atoms with Crippen molar-refractivity contribution in [2.45, 2.75) is 18.1 Å². The van der Waals surface area contributed by atoms with Crippen molar-refractivity contribution in [3.63, 3.8) is 0 Å². The molecule has 0 aliphatic rings. The van der Waals surface area contributed by atoms with E-state index < -0.39 is 15.6 Å². The molecule has 3 aromatic rings. The number of hydrogen-bond donors (Lipinski definition) is 0. The van der Waals surface area contributed by atoms with Crippen LogP contribution in [0.15, 0.2) is 75.1 Å². The third-order valence-corrected chi connectivity index (χ3v) is 8.37. The van der Waals surface area contributed by atoms with Gasteiger partial charge in [0.25, 0.3) is 10.0 Å². The number of sulfonamides is 1. The number of hydrogen-bond acceptors (Lipinski definition) is 6. The molecule has 3 rings (SSSR count). The van der Waals surface area contributed by atoms with Crippen LogP contribution in [0.1, 0.15) is 13.8 Å². The molecule has 164 valence electrons. The van der Waals surface area contributed by atoms with Crippen molar-refractivity contribution in [1.29, 1.82) is 0 Å². The van der Waals surface area contributed by atoms with Gasteiger partial charge in [0.2, 0.25) is 0 Å². The highest BCUT2D eigenvalue weighted by Gasteiger charge is 2.25. The van der Waals surface area contributed by atoms with Crippen LogP contribution < -0.4 is 10.5 Å². The van der Waals surface area contributed by atoms with Crippen molar-refractivity contribution in [3.8, 4) is 10.4 Å². The fourth-order valence-corrected chi connectivity index (χ4v) is 6.19. The van der Waals surface area contributed by atoms with Crippen molar-refractivity contribution >= 4 is 38.0 Å². The Morgan fingerprint density at radius 3 is 2.32 bits per heavy atom. The monoisotopic (exact) mass is 458 g/mol. The lowest BCUT2D eigenvalue weighted by Crippen LogP contribution is -2.30. The molecule has 31 heavy (non-hydrogen) atoms. The minimum atomic E-state index is -3.72. The third-order valence-electron chi connectivity index (χ3n) is 4.95. The molecule has 0 fully saturated rings. The van der Waals surface area contributed by atoms with Crippen LogP contribution in [-0.2, 0) is 10.0 Å². The van der Waals surface area contributed by atoms with Crippen LogP contribution in [0.25, 0.3) is 21.4 Å². The van der Waals surface area contributed by atoms with Gasteiger partial charge >= 0.3 is 5.63 Å². The van der Waals surface area contributed by atoms with E-state index in [9.17, 15) is 13.2 Å². The standard InChI is InChI=1S/C23H26N2O4S2/c1-5-13-25(14-6-2)31(27,28)22-12-11-21(30-22)19-15-17-9-10-18(24(7-3)8-4)16-20(17)29-23(19)26/h5-6,9-12,15-16H,1-2,7-8,13-14H2,3-4H3. The maximum Gasteiger partial charge on any atom is 0.345 e. The van der Waals surface area contributed by atoms with Crippen molar-refractivity contribution in [2.24, 2.45) is 0 Å². The summed E-state index contributed by atoms with van der Waals surface area (Å²) < 4.78 is 32.9. The van der Waals surface area contributed by atoms with E-state index in [1.54, 1.807) is 12.1 Å². The quantitative estimate of drug-likeness (QED) is 0.324. The first kappa shape index (κ1) is 23.0. The topological polar surface area (TPSA) is 70.8 Å². The van der Waals surface area contributed by atoms with Gasteiger partial charge in [0.05, 0.1) is 5.56 Å². The lowest BCUT2D eigenvalue weighted by molar-refractivity contribution is 0.476. The van der Waals surface area contributed by atoms with E-state index >= 15 is 0 Å². The second kappa shape index (κ2) is 9.64. The first-order valence-corrected chi connectivity index (χ1v) is 12.3. The molecule has 0 N–H and O–H groups in total. The molecule has 0 bridgehead atoms. The lowest BCUT2D eigenvalue weighted by Gasteiger charge is -2.21. The molecule has 6 nitrogen and oxygen atoms in total. The molecule has 2 aromatic heterocycles. The van der Waals surface area contributed by atoms with Crippen LogP contribution in [0.4, 0.5) is 5.69 Å². The molecular weight excluding hydrogens is 432 g/mol. The predicted molar refractivity (Wildman–Crippen MR) is 129 cm³/mol. The van der Waals surface area contributed by atoms with Crippen molar-refractivity contribution in [3.05, 3.63) is 72.1 Å². The van der Waals surface area contributed by atoms with Crippen LogP contribution in [0.3, 0.4) is 0 Å². The molecular formula is C23H26N2O4S2. The third kappa shape index (κ3) is 4.66. The van der Waals surface area contributed by atoms with Gasteiger partial charge in [-0.05, 0) is 44.2 Å². The number of benzene rings is 1. The highest BCUT2D eigenvalue weighted by atomic mass is 32.2. The van der Waals surface area contributed by atoms with Gasteiger partial charge in [0.15, 0.2) is 0 Å². The van der Waals surface area contributed by atoms with Gasteiger partial charge in [-0.15, -0.1) is 24.5 Å². The molecule has 0 atom stereocenters. The lowest BCUT2D eigenvalue weighted by atomic mass is 10.1. The van der Waals surface area contributed by atoms with Gasteiger partial charge in [0, 0.05) is 48.2 Å². The summed E-state index contributed by atoms with van der Waals surface area (Å²) in [6, 6.07) is 10.7. The fraction of sp³-hybridized carbons (Fsp3) is 0.261. The number of rotatable bonds is 10. The van der Waals surface area contributed by atoms with Crippen molar-refractivity contribution < 1.29 is 12.8 Å². The van der Waals surface area contributed by atoms with Crippen LogP contribution in [0, 0.1) is 0 Å². The highest BCUT2D eigenvalue weighted by Crippen LogP contribution is 2.32. The molecule has 0 saturated heterocycles. The Balaban J connectivity index is 2.01. The molecule has 8 heteroatoms. The Kier molecular flexibility index (Phi) is 7.15. The SMILES string of the molecule is C=CCN(CC=C)S(=O)(=O)c1ccc(-c2cc3ccc(N(CC)CC)cc3oc2=O)s1. The van der Waals surface area contributed by atoms with Gasteiger partial charge < -0.3 is 9.32 Å². The Morgan fingerprint density at radius 1 is 1.03 bits per heavy atom. The van der Waals surface area contributed by atoms with Gasteiger partial charge in [-0.3, -0.25) is 0 Å². The Labute approximate surface area is 186 Å². The Hall–Kier alpha value is -2.68. The van der Waals surface area contributed by atoms with E-state index in [0.717, 1.165) is 35.5 Å². The fourth-order valence-electron chi connectivity index (χ4n) is 3.35. The van der Waals surface area contributed by atoms with E-state index in [1.165, 1.54) is 22.5 Å². The second-order valence-electron chi connectivity index (χ2n) is 6.86. The summed E-state index contributed by atoms with van der Waals surface area (Å²) >= 11 is 1.04. The molecule has 1 aromatic carbocycles. The zero-order valence-corrected chi connectivity index (χ0v) is 19.3. The molecule has 2 heterocycles.